The molecule has 1 saturated carbocycles. The molecule has 1 amide bonds. The fourth-order valence-corrected chi connectivity index (χ4v) is 4.06. The molecule has 84 valence electrons. The van der Waals surface area contributed by atoms with Crippen LogP contribution in [0.1, 0.15) is 44.9 Å². The number of fused-ring (bicyclic) bond motifs is 2. The van der Waals surface area contributed by atoms with Gasteiger partial charge in [0.1, 0.15) is 0 Å². The highest BCUT2D eigenvalue weighted by molar-refractivity contribution is 9.09. The summed E-state index contributed by atoms with van der Waals surface area (Å²) in [4.78, 5) is 15.0. The van der Waals surface area contributed by atoms with Crippen molar-refractivity contribution in [2.45, 2.75) is 61.9 Å². The standard InChI is InChI=1S/C12H18BrNO/c13-9-6-10-3-4-11(7-9)14(10)12(15)5-8-1-2-8/h8-11H,1-7H2. The van der Waals surface area contributed by atoms with Crippen molar-refractivity contribution in [1.29, 1.82) is 0 Å². The zero-order chi connectivity index (χ0) is 10.4. The second kappa shape index (κ2) is 3.76. The molecule has 0 aromatic rings. The monoisotopic (exact) mass is 271 g/mol. The van der Waals surface area contributed by atoms with E-state index in [1.54, 1.807) is 0 Å². The van der Waals surface area contributed by atoms with Gasteiger partial charge >= 0.3 is 0 Å². The molecule has 3 rings (SSSR count). The van der Waals surface area contributed by atoms with Crippen molar-refractivity contribution in [1.82, 2.24) is 4.90 Å². The predicted octanol–water partition coefficient (Wildman–Crippen LogP) is 2.70. The van der Waals surface area contributed by atoms with Crippen molar-refractivity contribution in [2.24, 2.45) is 5.92 Å². The zero-order valence-electron chi connectivity index (χ0n) is 8.99. The highest BCUT2D eigenvalue weighted by Gasteiger charge is 2.43. The lowest BCUT2D eigenvalue weighted by Gasteiger charge is -2.37. The molecule has 2 atom stereocenters. The number of alkyl halides is 1. The number of carbonyl (C=O) groups is 1. The van der Waals surface area contributed by atoms with Crippen LogP contribution >= 0.6 is 15.9 Å². The third kappa shape index (κ3) is 1.95. The maximum atomic E-state index is 12.1. The molecular formula is C12H18BrNO. The lowest BCUT2D eigenvalue weighted by Crippen LogP contribution is -2.46. The van der Waals surface area contributed by atoms with Crippen molar-refractivity contribution in [2.75, 3.05) is 0 Å². The van der Waals surface area contributed by atoms with Crippen LogP contribution in [-0.4, -0.2) is 27.7 Å². The van der Waals surface area contributed by atoms with Gasteiger partial charge in [-0.05, 0) is 44.4 Å². The first kappa shape index (κ1) is 10.1. The second-order valence-corrected chi connectivity index (χ2v) is 6.70. The number of piperidine rings is 1. The lowest BCUT2D eigenvalue weighted by atomic mass is 10.0. The van der Waals surface area contributed by atoms with E-state index in [1.807, 2.05) is 0 Å². The highest BCUT2D eigenvalue weighted by atomic mass is 79.9. The van der Waals surface area contributed by atoms with Crippen molar-refractivity contribution >= 4 is 21.8 Å². The minimum atomic E-state index is 0.449. The van der Waals surface area contributed by atoms with Gasteiger partial charge in [-0.3, -0.25) is 4.79 Å². The van der Waals surface area contributed by atoms with Gasteiger partial charge in [0.25, 0.3) is 0 Å². The van der Waals surface area contributed by atoms with E-state index in [4.69, 9.17) is 0 Å². The Kier molecular flexibility index (Phi) is 2.54. The van der Waals surface area contributed by atoms with E-state index in [1.165, 1.54) is 38.5 Å². The van der Waals surface area contributed by atoms with Gasteiger partial charge in [-0.25, -0.2) is 0 Å². The van der Waals surface area contributed by atoms with Crippen molar-refractivity contribution in [3.05, 3.63) is 0 Å². The molecule has 3 fully saturated rings. The molecule has 15 heavy (non-hydrogen) atoms. The molecule has 2 nitrogen and oxygen atoms in total. The molecule has 2 aliphatic heterocycles. The van der Waals surface area contributed by atoms with Crippen LogP contribution in [0.3, 0.4) is 0 Å². The Morgan fingerprint density at radius 2 is 1.73 bits per heavy atom. The van der Waals surface area contributed by atoms with Crippen LogP contribution in [0.4, 0.5) is 0 Å². The van der Waals surface area contributed by atoms with Gasteiger partial charge < -0.3 is 4.90 Å². The van der Waals surface area contributed by atoms with Gasteiger partial charge in [0.2, 0.25) is 5.91 Å². The van der Waals surface area contributed by atoms with E-state index >= 15 is 0 Å². The Hall–Kier alpha value is -0.0500. The van der Waals surface area contributed by atoms with Crippen LogP contribution in [0.2, 0.25) is 0 Å². The molecule has 3 heteroatoms. The summed E-state index contributed by atoms with van der Waals surface area (Å²) >= 11 is 3.71. The van der Waals surface area contributed by atoms with Crippen molar-refractivity contribution in [3.63, 3.8) is 0 Å². The first-order valence-corrected chi connectivity index (χ1v) is 7.11. The number of nitrogens with zero attached hydrogens (tertiary/aromatic N) is 1. The largest absolute Gasteiger partial charge is 0.337 e. The third-order valence-electron chi connectivity index (χ3n) is 4.12. The van der Waals surface area contributed by atoms with Gasteiger partial charge in [0.05, 0.1) is 0 Å². The molecule has 2 heterocycles. The van der Waals surface area contributed by atoms with E-state index in [-0.39, 0.29) is 0 Å². The molecule has 2 bridgehead atoms. The molecule has 0 aromatic carbocycles. The fourth-order valence-electron chi connectivity index (χ4n) is 3.19. The number of hydrogen-bond acceptors (Lipinski definition) is 1. The fraction of sp³-hybridized carbons (Fsp3) is 0.917. The van der Waals surface area contributed by atoms with E-state index in [0.29, 0.717) is 22.8 Å². The van der Waals surface area contributed by atoms with Crippen molar-refractivity contribution < 1.29 is 4.79 Å². The number of hydrogen-bond donors (Lipinski definition) is 0. The summed E-state index contributed by atoms with van der Waals surface area (Å²) in [7, 11) is 0. The van der Waals surface area contributed by atoms with Crippen LogP contribution in [0, 0.1) is 5.92 Å². The Labute approximate surface area is 99.5 Å². The summed E-state index contributed by atoms with van der Waals surface area (Å²) in [6, 6.07) is 1.11. The maximum Gasteiger partial charge on any atom is 0.223 e. The average Bonchev–Trinajstić information content (AvgIpc) is 2.93. The van der Waals surface area contributed by atoms with E-state index in [0.717, 1.165) is 12.3 Å². The maximum absolute atomic E-state index is 12.1. The molecule has 3 aliphatic rings. The zero-order valence-corrected chi connectivity index (χ0v) is 10.6. The summed E-state index contributed by atoms with van der Waals surface area (Å²) in [5.41, 5.74) is 0. The molecule has 0 aromatic heterocycles. The van der Waals surface area contributed by atoms with Crippen LogP contribution in [0.15, 0.2) is 0 Å². The van der Waals surface area contributed by atoms with Gasteiger partial charge in [-0.2, -0.15) is 0 Å². The van der Waals surface area contributed by atoms with Gasteiger partial charge in [0, 0.05) is 23.3 Å². The van der Waals surface area contributed by atoms with Crippen molar-refractivity contribution in [3.8, 4) is 0 Å². The summed E-state index contributed by atoms with van der Waals surface area (Å²) in [6.07, 6.45) is 8.23. The van der Waals surface area contributed by atoms with Gasteiger partial charge in [-0.15, -0.1) is 0 Å². The predicted molar refractivity (Wildman–Crippen MR) is 62.9 cm³/mol. The number of halogens is 1. The highest BCUT2D eigenvalue weighted by Crippen LogP contribution is 2.40. The smallest absolute Gasteiger partial charge is 0.223 e. The van der Waals surface area contributed by atoms with E-state index in [9.17, 15) is 4.79 Å². The first-order valence-electron chi connectivity index (χ1n) is 6.19. The minimum absolute atomic E-state index is 0.449. The number of amides is 1. The summed E-state index contributed by atoms with van der Waals surface area (Å²) in [5.74, 6) is 1.18. The number of rotatable bonds is 2. The Balaban J connectivity index is 1.67. The van der Waals surface area contributed by atoms with Crippen LogP contribution < -0.4 is 0 Å². The molecule has 0 N–H and O–H groups in total. The number of carbonyl (C=O) groups excluding carboxylic acids is 1. The van der Waals surface area contributed by atoms with E-state index in [2.05, 4.69) is 20.8 Å². The molecule has 0 radical (unpaired) electrons. The Morgan fingerprint density at radius 3 is 2.27 bits per heavy atom. The van der Waals surface area contributed by atoms with Gasteiger partial charge in [-0.1, -0.05) is 15.9 Å². The summed E-state index contributed by atoms with van der Waals surface area (Å²) in [6.45, 7) is 0. The third-order valence-corrected chi connectivity index (χ3v) is 4.87. The average molecular weight is 272 g/mol. The first-order chi connectivity index (χ1) is 7.24. The topological polar surface area (TPSA) is 20.3 Å². The van der Waals surface area contributed by atoms with Crippen LogP contribution in [-0.2, 0) is 4.79 Å². The van der Waals surface area contributed by atoms with Crippen LogP contribution in [0.5, 0.6) is 0 Å². The SMILES string of the molecule is O=C(CC1CC1)N1C2CCC1CC(Br)C2. The molecule has 2 unspecified atom stereocenters. The Bertz CT molecular complexity index is 263. The van der Waals surface area contributed by atoms with Gasteiger partial charge in [0.15, 0.2) is 0 Å². The second-order valence-electron chi connectivity index (χ2n) is 5.40. The molecule has 1 aliphatic carbocycles. The molecular weight excluding hydrogens is 254 g/mol. The lowest BCUT2D eigenvalue weighted by molar-refractivity contribution is -0.135. The quantitative estimate of drug-likeness (QED) is 0.708. The summed E-state index contributed by atoms with van der Waals surface area (Å²) in [5, 5.41) is 0. The Morgan fingerprint density at radius 1 is 1.13 bits per heavy atom. The summed E-state index contributed by atoms with van der Waals surface area (Å²) < 4.78 is 0. The van der Waals surface area contributed by atoms with E-state index < -0.39 is 0 Å². The minimum Gasteiger partial charge on any atom is -0.337 e. The molecule has 2 saturated heterocycles. The van der Waals surface area contributed by atoms with Crippen LogP contribution in [0.25, 0.3) is 0 Å². The normalized spacial score (nSPS) is 39.5. The molecule has 0 spiro atoms.